The fourth-order valence-electron chi connectivity index (χ4n) is 4.22. The smallest absolute Gasteiger partial charge is 0.263 e. The number of carbonyl (C=O) groups is 1. The lowest BCUT2D eigenvalue weighted by atomic mass is 10.1. The van der Waals surface area contributed by atoms with Crippen LogP contribution in [0, 0.1) is 0 Å². The van der Waals surface area contributed by atoms with Gasteiger partial charge in [0.25, 0.3) is 5.91 Å². The minimum atomic E-state index is -3.72. The predicted molar refractivity (Wildman–Crippen MR) is 123 cm³/mol. The van der Waals surface area contributed by atoms with E-state index < -0.39 is 15.6 Å². The highest BCUT2D eigenvalue weighted by Crippen LogP contribution is 2.38. The molecule has 0 saturated heterocycles. The molecule has 5 rings (SSSR count). The maximum Gasteiger partial charge on any atom is 0.263 e. The van der Waals surface area contributed by atoms with Gasteiger partial charge in [0.2, 0.25) is 16.0 Å². The average Bonchev–Trinajstić information content (AvgIpc) is 3.15. The van der Waals surface area contributed by atoms with Crippen LogP contribution in [0.3, 0.4) is 0 Å². The van der Waals surface area contributed by atoms with Gasteiger partial charge in [-0.2, -0.15) is 5.10 Å². The second-order valence-corrected chi connectivity index (χ2v) is 10.9. The molecule has 1 fully saturated rings. The molecule has 3 heterocycles. The Morgan fingerprint density at radius 1 is 1.30 bits per heavy atom. The van der Waals surface area contributed by atoms with E-state index in [9.17, 15) is 13.2 Å². The minimum Gasteiger partial charge on any atom is -0.383 e. The molecule has 10 nitrogen and oxygen atoms in total. The lowest BCUT2D eigenvalue weighted by Gasteiger charge is -2.38. The topological polar surface area (TPSA) is 109 Å². The Morgan fingerprint density at radius 2 is 2.09 bits per heavy atom. The van der Waals surface area contributed by atoms with E-state index in [0.717, 1.165) is 18.4 Å². The molecule has 1 aromatic heterocycles. The highest BCUT2D eigenvalue weighted by atomic mass is 32.2. The van der Waals surface area contributed by atoms with Crippen molar-refractivity contribution in [2.45, 2.75) is 56.3 Å². The van der Waals surface area contributed by atoms with Crippen molar-refractivity contribution in [2.24, 2.45) is 4.99 Å². The van der Waals surface area contributed by atoms with E-state index >= 15 is 0 Å². The Hall–Kier alpha value is -2.76. The van der Waals surface area contributed by atoms with Gasteiger partial charge in [-0.1, -0.05) is 0 Å². The molecule has 1 amide bonds. The molecule has 0 spiro atoms. The van der Waals surface area contributed by atoms with Crippen LogP contribution >= 0.6 is 0 Å². The summed E-state index contributed by atoms with van der Waals surface area (Å²) in [5.41, 5.74) is 1.51. The third-order valence-electron chi connectivity index (χ3n) is 6.34. The van der Waals surface area contributed by atoms with Crippen LogP contribution in [0.5, 0.6) is 0 Å². The fraction of sp³-hybridized carbons (Fsp3) is 0.500. The summed E-state index contributed by atoms with van der Waals surface area (Å²) in [6, 6.07) is 4.83. The van der Waals surface area contributed by atoms with Crippen molar-refractivity contribution in [3.63, 3.8) is 0 Å². The number of anilines is 1. The number of hydrogen-bond acceptors (Lipinski definition) is 7. The molecular formula is C22H28N6O4S. The molecule has 2 aliphatic heterocycles. The molecule has 1 N–H and O–H groups in total. The van der Waals surface area contributed by atoms with Crippen molar-refractivity contribution in [2.75, 3.05) is 25.2 Å². The number of amides is 1. The molecule has 11 heteroatoms. The second-order valence-electron chi connectivity index (χ2n) is 9.20. The molecule has 3 aliphatic rings. The van der Waals surface area contributed by atoms with E-state index in [1.54, 1.807) is 35.0 Å². The summed E-state index contributed by atoms with van der Waals surface area (Å²) in [6.45, 7) is 5.94. The van der Waals surface area contributed by atoms with Crippen LogP contribution in [-0.4, -0.2) is 66.8 Å². The lowest BCUT2D eigenvalue weighted by molar-refractivity contribution is 0.0832. The molecule has 2 aromatic rings. The van der Waals surface area contributed by atoms with Gasteiger partial charge < -0.3 is 9.64 Å². The van der Waals surface area contributed by atoms with Crippen LogP contribution in [0.4, 0.5) is 5.69 Å². The van der Waals surface area contributed by atoms with E-state index in [-0.39, 0.29) is 16.8 Å². The van der Waals surface area contributed by atoms with Crippen molar-refractivity contribution in [3.8, 4) is 0 Å². The number of nitrogens with zero attached hydrogens (tertiary/aromatic N) is 5. The number of benzene rings is 1. The molecule has 0 unspecified atom stereocenters. The molecule has 1 saturated carbocycles. The van der Waals surface area contributed by atoms with Crippen LogP contribution < -0.4 is 9.62 Å². The first-order chi connectivity index (χ1) is 15.7. The zero-order valence-corrected chi connectivity index (χ0v) is 19.8. The summed E-state index contributed by atoms with van der Waals surface area (Å²) in [7, 11) is -2.09. The molecule has 33 heavy (non-hydrogen) atoms. The monoisotopic (exact) mass is 472 g/mol. The van der Waals surface area contributed by atoms with E-state index in [2.05, 4.69) is 14.8 Å². The lowest BCUT2D eigenvalue weighted by Crippen LogP contribution is -2.52. The number of fused-ring (bicyclic) bond motifs is 3. The Bertz CT molecular complexity index is 1230. The minimum absolute atomic E-state index is 0.0599. The summed E-state index contributed by atoms with van der Waals surface area (Å²) >= 11 is 0. The van der Waals surface area contributed by atoms with Crippen molar-refractivity contribution in [3.05, 3.63) is 41.7 Å². The van der Waals surface area contributed by atoms with E-state index in [1.165, 1.54) is 6.07 Å². The van der Waals surface area contributed by atoms with Crippen molar-refractivity contribution in [1.82, 2.24) is 19.4 Å². The normalized spacial score (nSPS) is 21.1. The zero-order valence-electron chi connectivity index (χ0n) is 19.0. The third-order valence-corrected chi connectivity index (χ3v) is 7.98. The first kappa shape index (κ1) is 22.1. The number of sulfonamides is 1. The van der Waals surface area contributed by atoms with Crippen molar-refractivity contribution >= 4 is 27.6 Å². The fourth-order valence-corrected chi connectivity index (χ4v) is 5.71. The first-order valence-electron chi connectivity index (χ1n) is 11.0. The van der Waals surface area contributed by atoms with Gasteiger partial charge in [-0.05, 0) is 44.9 Å². The van der Waals surface area contributed by atoms with Crippen molar-refractivity contribution < 1.29 is 17.9 Å². The van der Waals surface area contributed by atoms with Gasteiger partial charge in [0.15, 0.2) is 0 Å². The summed E-state index contributed by atoms with van der Waals surface area (Å²) in [6.07, 6.45) is 5.23. The number of methoxy groups -OCH3 is 1. The quantitative estimate of drug-likeness (QED) is 0.625. The van der Waals surface area contributed by atoms with E-state index in [1.807, 2.05) is 24.9 Å². The van der Waals surface area contributed by atoms with Gasteiger partial charge in [-0.25, -0.2) is 13.1 Å². The van der Waals surface area contributed by atoms with Crippen LogP contribution in [0.15, 0.2) is 40.5 Å². The Labute approximate surface area is 193 Å². The van der Waals surface area contributed by atoms with Crippen LogP contribution in [-0.2, 0) is 27.8 Å². The summed E-state index contributed by atoms with van der Waals surface area (Å²) in [5.74, 6) is 0.317. The standard InChI is InChI=1S/C22H28N6O4S/c1-15-11-23-21-27(14-16-12-24-26(13-16)8-9-32-3)20(29)18-10-17(4-5-19(18)28(15)21)33(30,31)25-22(2)6-7-22/h4-5,10,12-13,15,25H,6-9,11,14H2,1-3H3/t15-/m1/s1. The SMILES string of the molecule is COCCn1cc(CN2C(=O)c3cc(S(=O)(=O)NC4(C)CC4)ccc3N3C2=NC[C@H]3C)cn1. The third kappa shape index (κ3) is 4.04. The van der Waals surface area contributed by atoms with Gasteiger partial charge in [0, 0.05) is 24.4 Å². The number of nitrogens with one attached hydrogen (secondary N) is 1. The number of guanidine groups is 1. The maximum absolute atomic E-state index is 13.6. The van der Waals surface area contributed by atoms with Crippen LogP contribution in [0.1, 0.15) is 42.6 Å². The molecule has 176 valence electrons. The van der Waals surface area contributed by atoms with Gasteiger partial charge >= 0.3 is 0 Å². The van der Waals surface area contributed by atoms with E-state index in [4.69, 9.17) is 4.74 Å². The van der Waals surface area contributed by atoms with Crippen LogP contribution in [0.2, 0.25) is 0 Å². The second kappa shape index (κ2) is 7.93. The number of carbonyl (C=O) groups excluding carboxylic acids is 1. The molecule has 1 aliphatic carbocycles. The molecule has 0 radical (unpaired) electrons. The Morgan fingerprint density at radius 3 is 2.82 bits per heavy atom. The molecule has 1 atom stereocenters. The number of aromatic nitrogens is 2. The highest BCUT2D eigenvalue weighted by Gasteiger charge is 2.43. The molecule has 1 aromatic carbocycles. The summed E-state index contributed by atoms with van der Waals surface area (Å²) < 4.78 is 35.5. The number of hydrogen-bond donors (Lipinski definition) is 1. The number of ether oxygens (including phenoxy) is 1. The zero-order chi connectivity index (χ0) is 23.4. The average molecular weight is 473 g/mol. The summed E-state index contributed by atoms with van der Waals surface area (Å²) in [4.78, 5) is 21.9. The van der Waals surface area contributed by atoms with Gasteiger partial charge in [-0.3, -0.25) is 19.4 Å². The summed E-state index contributed by atoms with van der Waals surface area (Å²) in [5, 5.41) is 4.33. The molecule has 0 bridgehead atoms. The van der Waals surface area contributed by atoms with Crippen molar-refractivity contribution in [1.29, 1.82) is 0 Å². The maximum atomic E-state index is 13.6. The Kier molecular flexibility index (Phi) is 5.30. The van der Waals surface area contributed by atoms with E-state index in [0.29, 0.717) is 43.5 Å². The molecular weight excluding hydrogens is 444 g/mol. The predicted octanol–water partition coefficient (Wildman–Crippen LogP) is 1.58. The number of aliphatic imine (C=N–C) groups is 1. The van der Waals surface area contributed by atoms with Gasteiger partial charge in [0.05, 0.1) is 54.6 Å². The number of rotatable bonds is 8. The first-order valence-corrected chi connectivity index (χ1v) is 12.5. The van der Waals surface area contributed by atoms with Gasteiger partial charge in [0.1, 0.15) is 0 Å². The van der Waals surface area contributed by atoms with Crippen LogP contribution in [0.25, 0.3) is 0 Å². The highest BCUT2D eigenvalue weighted by molar-refractivity contribution is 7.89. The van der Waals surface area contributed by atoms with Gasteiger partial charge in [-0.15, -0.1) is 0 Å². The Balaban J connectivity index is 1.48. The largest absolute Gasteiger partial charge is 0.383 e.